The lowest BCUT2D eigenvalue weighted by atomic mass is 10.1. The molecule has 6 N–H and O–H groups in total. The topological polar surface area (TPSA) is 148 Å². The fourth-order valence-corrected chi connectivity index (χ4v) is 5.09. The Bertz CT molecular complexity index is 2020. The summed E-state index contributed by atoms with van der Waals surface area (Å²) in [6.45, 7) is 8.04. The fourth-order valence-electron chi connectivity index (χ4n) is 5.09. The van der Waals surface area contributed by atoms with Crippen molar-refractivity contribution in [2.45, 2.75) is 39.8 Å². The minimum absolute atomic E-state index is 0.175. The number of methoxy groups -OCH3 is 1. The van der Waals surface area contributed by atoms with Crippen LogP contribution in [0.4, 0.5) is 0 Å². The lowest BCUT2D eigenvalue weighted by Crippen LogP contribution is -2.30. The first-order valence-electron chi connectivity index (χ1n) is 14.8. The number of fused-ring (bicyclic) bond motifs is 2. The van der Waals surface area contributed by atoms with Gasteiger partial charge in [-0.25, -0.2) is 9.97 Å². The molecule has 10 nitrogen and oxygen atoms in total. The number of nitrogens with zero attached hydrogens (tertiary/aromatic N) is 2. The highest BCUT2D eigenvalue weighted by Crippen LogP contribution is 2.35. The number of hydrogen-bond donors (Lipinski definition) is 6. The monoisotopic (exact) mass is 600 g/mol. The number of aromatic nitrogens is 4. The van der Waals surface area contributed by atoms with E-state index >= 15 is 0 Å². The average molecular weight is 601 g/mol. The molecule has 0 aliphatic heterocycles. The number of aromatic amines is 2. The summed E-state index contributed by atoms with van der Waals surface area (Å²) in [5, 5.41) is 22.9. The van der Waals surface area contributed by atoms with Crippen molar-refractivity contribution in [2.75, 3.05) is 7.11 Å². The van der Waals surface area contributed by atoms with Gasteiger partial charge in [-0.05, 0) is 100 Å². The van der Waals surface area contributed by atoms with Gasteiger partial charge in [0.05, 0.1) is 34.7 Å². The number of imidazole rings is 2. The maximum Gasteiger partial charge on any atom is 0.142 e. The van der Waals surface area contributed by atoms with Crippen LogP contribution in [0.5, 0.6) is 17.2 Å². The Morgan fingerprint density at radius 1 is 0.667 bits per heavy atom. The van der Waals surface area contributed by atoms with Crippen molar-refractivity contribution in [1.82, 2.24) is 30.6 Å². The van der Waals surface area contributed by atoms with E-state index < -0.39 is 0 Å². The Morgan fingerprint density at radius 3 is 1.76 bits per heavy atom. The van der Waals surface area contributed by atoms with Gasteiger partial charge in [-0.1, -0.05) is 0 Å². The van der Waals surface area contributed by atoms with Crippen LogP contribution in [0.25, 0.3) is 44.8 Å². The van der Waals surface area contributed by atoms with Crippen LogP contribution in [-0.2, 0) is 0 Å². The molecule has 45 heavy (non-hydrogen) atoms. The van der Waals surface area contributed by atoms with Crippen LogP contribution in [0.2, 0.25) is 0 Å². The smallest absolute Gasteiger partial charge is 0.142 e. The molecule has 4 aromatic carbocycles. The molecule has 0 unspecified atom stereocenters. The lowest BCUT2D eigenvalue weighted by Gasteiger charge is -2.11. The molecule has 0 atom stereocenters. The number of hydrogen-bond acceptors (Lipinski definition) is 6. The summed E-state index contributed by atoms with van der Waals surface area (Å²) in [7, 11) is 1.62. The Balaban J connectivity index is 1.18. The highest BCUT2D eigenvalue weighted by molar-refractivity contribution is 6.00. The standard InChI is InChI=1S/C35H36N8O2/c1-19(2)38-32(36)22-8-14-27-29(16-22)42-34(40-27)21-6-10-24(11-7-21)45-25-12-13-26(31(18-25)44-5)35-41-28-15-9-23(17-30(28)43-35)33(37)39-20(3)4/h6-20H,1-5H3,(H2,36,38)(H2,37,39)(H,40,42)(H,41,43). The maximum atomic E-state index is 8.31. The first-order chi connectivity index (χ1) is 21.7. The molecule has 0 bridgehead atoms. The van der Waals surface area contributed by atoms with Crippen LogP contribution in [0.3, 0.4) is 0 Å². The van der Waals surface area contributed by atoms with Gasteiger partial charge >= 0.3 is 0 Å². The second kappa shape index (κ2) is 12.2. The molecule has 0 amide bonds. The summed E-state index contributed by atoms with van der Waals surface area (Å²) in [5.41, 5.74) is 6.68. The highest BCUT2D eigenvalue weighted by atomic mass is 16.5. The van der Waals surface area contributed by atoms with E-state index in [1.165, 1.54) is 0 Å². The Labute approximate surface area is 261 Å². The zero-order chi connectivity index (χ0) is 31.7. The molecule has 2 heterocycles. The Morgan fingerprint density at radius 2 is 1.20 bits per heavy atom. The first-order valence-corrected chi connectivity index (χ1v) is 14.8. The van der Waals surface area contributed by atoms with E-state index in [-0.39, 0.29) is 12.1 Å². The third-order valence-electron chi connectivity index (χ3n) is 7.20. The molecule has 0 saturated carbocycles. The third kappa shape index (κ3) is 6.35. The quantitative estimate of drug-likeness (QED) is 0.0763. The highest BCUT2D eigenvalue weighted by Gasteiger charge is 2.15. The van der Waals surface area contributed by atoms with Crippen molar-refractivity contribution < 1.29 is 9.47 Å². The SMILES string of the molecule is COc1cc(Oc2ccc(-c3nc4ccc(C(=N)NC(C)C)cc4[nH]3)cc2)ccc1-c1nc2ccc(C(=N)NC(C)C)cc2[nH]1. The van der Waals surface area contributed by atoms with Crippen LogP contribution < -0.4 is 20.1 Å². The van der Waals surface area contributed by atoms with Gasteiger partial charge in [-0.3, -0.25) is 10.8 Å². The van der Waals surface area contributed by atoms with E-state index in [1.54, 1.807) is 7.11 Å². The maximum absolute atomic E-state index is 8.31. The summed E-state index contributed by atoms with van der Waals surface area (Å²) in [6, 6.07) is 25.2. The molecular formula is C35H36N8O2. The molecule has 0 fully saturated rings. The molecule has 0 radical (unpaired) electrons. The molecule has 0 aliphatic rings. The van der Waals surface area contributed by atoms with Gasteiger partial charge in [0.15, 0.2) is 0 Å². The molecule has 6 aromatic rings. The summed E-state index contributed by atoms with van der Waals surface area (Å²) in [5.74, 6) is 4.10. The summed E-state index contributed by atoms with van der Waals surface area (Å²) >= 11 is 0. The van der Waals surface area contributed by atoms with Crippen molar-refractivity contribution in [3.63, 3.8) is 0 Å². The number of H-pyrrole nitrogens is 2. The molecule has 2 aromatic heterocycles. The van der Waals surface area contributed by atoms with Crippen molar-refractivity contribution in [3.8, 4) is 40.0 Å². The van der Waals surface area contributed by atoms with E-state index in [0.29, 0.717) is 34.7 Å². The van der Waals surface area contributed by atoms with E-state index in [2.05, 4.69) is 20.6 Å². The number of ether oxygens (including phenoxy) is 2. The number of benzene rings is 4. The number of nitrogens with one attached hydrogen (secondary N) is 6. The van der Waals surface area contributed by atoms with Gasteiger partial charge in [0.25, 0.3) is 0 Å². The molecule has 0 aliphatic carbocycles. The molecular weight excluding hydrogens is 564 g/mol. The van der Waals surface area contributed by atoms with Gasteiger partial charge < -0.3 is 30.1 Å². The third-order valence-corrected chi connectivity index (χ3v) is 7.20. The second-order valence-corrected chi connectivity index (χ2v) is 11.5. The lowest BCUT2D eigenvalue weighted by molar-refractivity contribution is 0.410. The second-order valence-electron chi connectivity index (χ2n) is 11.5. The Hall–Kier alpha value is -5.64. The van der Waals surface area contributed by atoms with Gasteiger partial charge in [0, 0.05) is 34.8 Å². The number of amidine groups is 2. The summed E-state index contributed by atoms with van der Waals surface area (Å²) in [4.78, 5) is 16.2. The number of rotatable bonds is 9. The van der Waals surface area contributed by atoms with E-state index in [9.17, 15) is 0 Å². The van der Waals surface area contributed by atoms with Crippen molar-refractivity contribution in [1.29, 1.82) is 10.8 Å². The molecule has 0 spiro atoms. The normalized spacial score (nSPS) is 11.4. The summed E-state index contributed by atoms with van der Waals surface area (Å²) in [6.07, 6.45) is 0. The van der Waals surface area contributed by atoms with Crippen LogP contribution in [0.1, 0.15) is 38.8 Å². The molecule has 10 heteroatoms. The van der Waals surface area contributed by atoms with Crippen molar-refractivity contribution >= 4 is 33.7 Å². The van der Waals surface area contributed by atoms with Gasteiger partial charge in [0.1, 0.15) is 40.6 Å². The van der Waals surface area contributed by atoms with Gasteiger partial charge in [-0.2, -0.15) is 0 Å². The van der Waals surface area contributed by atoms with E-state index in [0.717, 1.165) is 50.1 Å². The van der Waals surface area contributed by atoms with E-state index in [4.69, 9.17) is 30.3 Å². The van der Waals surface area contributed by atoms with Crippen LogP contribution >= 0.6 is 0 Å². The average Bonchev–Trinajstić information content (AvgIpc) is 3.64. The van der Waals surface area contributed by atoms with Crippen LogP contribution in [-0.4, -0.2) is 50.8 Å². The van der Waals surface area contributed by atoms with Crippen LogP contribution in [0.15, 0.2) is 78.9 Å². The minimum atomic E-state index is 0.175. The molecule has 6 rings (SSSR count). The van der Waals surface area contributed by atoms with E-state index in [1.807, 2.05) is 107 Å². The predicted octanol–water partition coefficient (Wildman–Crippen LogP) is 7.22. The van der Waals surface area contributed by atoms with Crippen LogP contribution in [0, 0.1) is 10.8 Å². The Kier molecular flexibility index (Phi) is 7.95. The minimum Gasteiger partial charge on any atom is -0.496 e. The molecule has 0 saturated heterocycles. The van der Waals surface area contributed by atoms with Crippen molar-refractivity contribution in [2.24, 2.45) is 0 Å². The largest absolute Gasteiger partial charge is 0.496 e. The van der Waals surface area contributed by atoms with Gasteiger partial charge in [-0.15, -0.1) is 0 Å². The zero-order valence-electron chi connectivity index (χ0n) is 25.9. The predicted molar refractivity (Wildman–Crippen MR) is 180 cm³/mol. The first kappa shape index (κ1) is 29.4. The van der Waals surface area contributed by atoms with Crippen molar-refractivity contribution in [3.05, 3.63) is 90.0 Å². The molecule has 228 valence electrons. The fraction of sp³-hybridized carbons (Fsp3) is 0.200. The van der Waals surface area contributed by atoms with Gasteiger partial charge in [0.2, 0.25) is 0 Å². The summed E-state index contributed by atoms with van der Waals surface area (Å²) < 4.78 is 11.9. The zero-order valence-corrected chi connectivity index (χ0v) is 25.9.